The van der Waals surface area contributed by atoms with Crippen LogP contribution in [0.15, 0.2) is 54.6 Å². The Balaban J connectivity index is 1.51. The van der Waals surface area contributed by atoms with E-state index in [0.717, 1.165) is 31.2 Å². The number of thioether (sulfide) groups is 1. The number of benzene rings is 1. The first-order chi connectivity index (χ1) is 17.4. The molecule has 1 N–H and O–H groups in total. The van der Waals surface area contributed by atoms with E-state index in [1.54, 1.807) is 16.7 Å². The number of unbranched alkanes of at least 4 members (excludes halogenated alkanes) is 3. The van der Waals surface area contributed by atoms with Gasteiger partial charge in [0.05, 0.1) is 16.6 Å². The number of nitrogens with zero attached hydrogens (tertiary/aromatic N) is 2. The van der Waals surface area contributed by atoms with Crippen molar-refractivity contribution in [3.05, 3.63) is 60.2 Å². The molecule has 0 aliphatic carbocycles. The van der Waals surface area contributed by atoms with Gasteiger partial charge in [0.2, 0.25) is 11.8 Å². The molecule has 1 aromatic rings. The van der Waals surface area contributed by atoms with Crippen molar-refractivity contribution in [2.45, 2.75) is 54.7 Å². The molecular formula is C28H34N2O5S. The fourth-order valence-corrected chi connectivity index (χ4v) is 8.49. The van der Waals surface area contributed by atoms with Crippen LogP contribution in [-0.2, 0) is 25.7 Å². The van der Waals surface area contributed by atoms with Crippen molar-refractivity contribution in [3.63, 3.8) is 0 Å². The second-order valence-electron chi connectivity index (χ2n) is 10.3. The van der Waals surface area contributed by atoms with E-state index in [-0.39, 0.29) is 31.0 Å². The van der Waals surface area contributed by atoms with Gasteiger partial charge in [0.25, 0.3) is 0 Å². The predicted molar refractivity (Wildman–Crippen MR) is 138 cm³/mol. The number of aliphatic hydroxyl groups is 1. The molecule has 1 unspecified atom stereocenters. The van der Waals surface area contributed by atoms with E-state index in [0.29, 0.717) is 19.6 Å². The molecule has 0 saturated carbocycles. The number of rotatable bonds is 8. The zero-order valence-corrected chi connectivity index (χ0v) is 21.5. The minimum absolute atomic E-state index is 0.0695. The van der Waals surface area contributed by atoms with Crippen LogP contribution in [0.2, 0.25) is 0 Å². The van der Waals surface area contributed by atoms with E-state index in [2.05, 4.69) is 0 Å². The smallest absolute Gasteiger partial charge is 0.311 e. The van der Waals surface area contributed by atoms with E-state index < -0.39 is 27.4 Å². The average molecular weight is 511 g/mol. The van der Waals surface area contributed by atoms with Gasteiger partial charge in [0.15, 0.2) is 0 Å². The monoisotopic (exact) mass is 510 g/mol. The van der Waals surface area contributed by atoms with Gasteiger partial charge in [-0.25, -0.2) is 0 Å². The summed E-state index contributed by atoms with van der Waals surface area (Å²) in [5, 5.41) is 9.11. The number of esters is 1. The molecule has 5 atom stereocenters. The molecule has 2 saturated heterocycles. The normalized spacial score (nSPS) is 33.2. The Morgan fingerprint density at radius 2 is 1.78 bits per heavy atom. The first-order valence-corrected chi connectivity index (χ1v) is 13.7. The van der Waals surface area contributed by atoms with Gasteiger partial charge in [-0.05, 0) is 31.4 Å². The van der Waals surface area contributed by atoms with Crippen molar-refractivity contribution < 1.29 is 24.2 Å². The SMILES string of the molecule is C[C@@]12C=CCOC(=O)[C@@H]1[C@H]1C(=O)N(CCCCCCO)C3C(=O)N(Cc4ccccc4)CC=C[C@@]31S2. The third-order valence-electron chi connectivity index (χ3n) is 7.92. The third-order valence-corrected chi connectivity index (χ3v) is 9.72. The number of fused-ring (bicyclic) bond motifs is 2. The van der Waals surface area contributed by atoms with Gasteiger partial charge < -0.3 is 19.6 Å². The average Bonchev–Trinajstić information content (AvgIpc) is 3.12. The molecule has 2 amide bonds. The van der Waals surface area contributed by atoms with Crippen LogP contribution in [0.4, 0.5) is 0 Å². The van der Waals surface area contributed by atoms with Gasteiger partial charge in [0, 0.05) is 31.0 Å². The summed E-state index contributed by atoms with van der Waals surface area (Å²) in [4.78, 5) is 45.1. The molecular weight excluding hydrogens is 476 g/mol. The van der Waals surface area contributed by atoms with Crippen molar-refractivity contribution in [3.8, 4) is 0 Å². The molecule has 0 bridgehead atoms. The van der Waals surface area contributed by atoms with Crippen LogP contribution >= 0.6 is 11.8 Å². The van der Waals surface area contributed by atoms with Crippen LogP contribution in [0.1, 0.15) is 38.2 Å². The van der Waals surface area contributed by atoms with E-state index in [1.165, 1.54) is 0 Å². The molecule has 1 aromatic carbocycles. The molecule has 8 heteroatoms. The number of aliphatic hydroxyl groups excluding tert-OH is 1. The zero-order chi connectivity index (χ0) is 25.3. The zero-order valence-electron chi connectivity index (χ0n) is 20.7. The van der Waals surface area contributed by atoms with Gasteiger partial charge in [-0.15, -0.1) is 11.8 Å². The maximum absolute atomic E-state index is 14.2. The van der Waals surface area contributed by atoms with Crippen molar-refractivity contribution in [1.29, 1.82) is 0 Å². The number of carbonyl (C=O) groups is 3. The van der Waals surface area contributed by atoms with Gasteiger partial charge in [-0.3, -0.25) is 14.4 Å². The summed E-state index contributed by atoms with van der Waals surface area (Å²) in [7, 11) is 0. The molecule has 0 radical (unpaired) electrons. The second-order valence-corrected chi connectivity index (χ2v) is 12.1. The van der Waals surface area contributed by atoms with Crippen LogP contribution in [0, 0.1) is 11.8 Å². The fraction of sp³-hybridized carbons (Fsp3) is 0.536. The topological polar surface area (TPSA) is 87.1 Å². The number of likely N-dealkylation sites (tertiary alicyclic amines) is 1. The Kier molecular flexibility index (Phi) is 7.01. The lowest BCUT2D eigenvalue weighted by molar-refractivity contribution is -0.152. The number of hydrogen-bond acceptors (Lipinski definition) is 6. The maximum Gasteiger partial charge on any atom is 0.311 e. The van der Waals surface area contributed by atoms with Crippen molar-refractivity contribution in [2.75, 3.05) is 26.3 Å². The van der Waals surface area contributed by atoms with Gasteiger partial charge in [-0.2, -0.15) is 0 Å². The van der Waals surface area contributed by atoms with Crippen molar-refractivity contribution >= 4 is 29.5 Å². The minimum Gasteiger partial charge on any atom is -0.461 e. The summed E-state index contributed by atoms with van der Waals surface area (Å²) in [6.07, 6.45) is 11.1. The highest BCUT2D eigenvalue weighted by molar-refractivity contribution is 8.02. The molecule has 4 aliphatic rings. The summed E-state index contributed by atoms with van der Waals surface area (Å²) in [6, 6.07) is 9.20. The highest BCUT2D eigenvalue weighted by Gasteiger charge is 2.73. The number of ether oxygens (including phenoxy) is 1. The first kappa shape index (κ1) is 25.1. The lowest BCUT2D eigenvalue weighted by Gasteiger charge is -2.36. The summed E-state index contributed by atoms with van der Waals surface area (Å²) >= 11 is 1.58. The van der Waals surface area contributed by atoms with Crippen LogP contribution in [0.3, 0.4) is 0 Å². The van der Waals surface area contributed by atoms with E-state index in [9.17, 15) is 14.4 Å². The molecule has 2 fully saturated rings. The molecule has 36 heavy (non-hydrogen) atoms. The summed E-state index contributed by atoms with van der Waals surface area (Å²) in [6.45, 7) is 3.73. The van der Waals surface area contributed by atoms with Gasteiger partial charge >= 0.3 is 5.97 Å². The van der Waals surface area contributed by atoms with Crippen LogP contribution in [0.25, 0.3) is 0 Å². The Morgan fingerprint density at radius 3 is 2.56 bits per heavy atom. The highest BCUT2D eigenvalue weighted by atomic mass is 32.2. The lowest BCUT2D eigenvalue weighted by atomic mass is 9.75. The summed E-state index contributed by atoms with van der Waals surface area (Å²) in [5.74, 6) is -1.86. The van der Waals surface area contributed by atoms with Crippen LogP contribution < -0.4 is 0 Å². The van der Waals surface area contributed by atoms with Crippen LogP contribution in [0.5, 0.6) is 0 Å². The largest absolute Gasteiger partial charge is 0.461 e. The maximum atomic E-state index is 14.2. The lowest BCUT2D eigenvalue weighted by Crippen LogP contribution is -2.53. The Morgan fingerprint density at radius 1 is 1.00 bits per heavy atom. The molecule has 1 spiro atoms. The first-order valence-electron chi connectivity index (χ1n) is 12.9. The van der Waals surface area contributed by atoms with Gasteiger partial charge in [-0.1, -0.05) is 61.4 Å². The van der Waals surface area contributed by atoms with Crippen molar-refractivity contribution in [2.24, 2.45) is 11.8 Å². The number of hydrogen-bond donors (Lipinski definition) is 1. The Labute approximate surface area is 216 Å². The van der Waals surface area contributed by atoms with Gasteiger partial charge in [0.1, 0.15) is 12.6 Å². The second kappa shape index (κ2) is 10.1. The Hall–Kier alpha value is -2.58. The van der Waals surface area contributed by atoms with E-state index in [4.69, 9.17) is 9.84 Å². The summed E-state index contributed by atoms with van der Waals surface area (Å²) in [5.41, 5.74) is 1.04. The number of amides is 2. The quantitative estimate of drug-likeness (QED) is 0.329. The van der Waals surface area contributed by atoms with E-state index in [1.807, 2.05) is 66.5 Å². The van der Waals surface area contributed by atoms with E-state index >= 15 is 0 Å². The third kappa shape index (κ3) is 4.18. The molecule has 7 nitrogen and oxygen atoms in total. The summed E-state index contributed by atoms with van der Waals surface area (Å²) < 4.78 is 4.03. The standard InChI is InChI=1S/C28H34N2O5S/c1-27-13-10-18-35-26(34)22(27)21-24(32)30(16-7-2-3-8-17-31)23-25(33)29(15-9-14-28(21,23)36-27)19-20-11-5-4-6-12-20/h4-6,9-14,21-23,31H,2-3,7-8,15-19H2,1H3/t21-,22-,23?,27+,28-/m0/s1. The fourth-order valence-electron chi connectivity index (χ4n) is 6.34. The molecule has 4 aliphatic heterocycles. The van der Waals surface area contributed by atoms with Crippen LogP contribution in [-0.4, -0.2) is 74.5 Å². The number of cyclic esters (lactones) is 1. The molecule has 4 heterocycles. The predicted octanol–water partition coefficient (Wildman–Crippen LogP) is 2.94. The Bertz CT molecular complexity index is 1070. The van der Waals surface area contributed by atoms with Crippen molar-refractivity contribution in [1.82, 2.24) is 9.80 Å². The highest BCUT2D eigenvalue weighted by Crippen LogP contribution is 2.65. The molecule has 0 aromatic heterocycles. The number of carbonyl (C=O) groups excluding carboxylic acids is 3. The minimum atomic E-state index is -0.829. The molecule has 192 valence electrons. The molecule has 5 rings (SSSR count).